The standard InChI is InChI=1S/C12H15N3O/c1-9-14-15-12(16-9)11(13)8-7-10-5-3-2-4-6-10/h2-6,11H,7-8,13H2,1H3. The lowest BCUT2D eigenvalue weighted by Gasteiger charge is -2.06. The molecule has 0 bridgehead atoms. The van der Waals surface area contributed by atoms with Crippen LogP contribution in [0.15, 0.2) is 34.7 Å². The lowest BCUT2D eigenvalue weighted by atomic mass is 10.1. The van der Waals surface area contributed by atoms with Crippen LogP contribution in [0.4, 0.5) is 0 Å². The third kappa shape index (κ3) is 2.67. The second kappa shape index (κ2) is 4.90. The van der Waals surface area contributed by atoms with Crippen molar-refractivity contribution < 1.29 is 4.42 Å². The minimum atomic E-state index is -0.179. The van der Waals surface area contributed by atoms with Gasteiger partial charge in [-0.05, 0) is 18.4 Å². The van der Waals surface area contributed by atoms with Crippen molar-refractivity contribution in [1.29, 1.82) is 0 Å². The van der Waals surface area contributed by atoms with Crippen LogP contribution in [0.1, 0.15) is 29.8 Å². The Morgan fingerprint density at radius 2 is 2.00 bits per heavy atom. The van der Waals surface area contributed by atoms with Gasteiger partial charge in [0.05, 0.1) is 6.04 Å². The molecular formula is C12H15N3O. The van der Waals surface area contributed by atoms with E-state index in [0.717, 1.165) is 12.8 Å². The summed E-state index contributed by atoms with van der Waals surface area (Å²) < 4.78 is 5.29. The summed E-state index contributed by atoms with van der Waals surface area (Å²) in [5.41, 5.74) is 7.23. The van der Waals surface area contributed by atoms with Gasteiger partial charge in [0.2, 0.25) is 11.8 Å². The number of hydrogen-bond acceptors (Lipinski definition) is 4. The van der Waals surface area contributed by atoms with Crippen LogP contribution in [0.5, 0.6) is 0 Å². The minimum Gasteiger partial charge on any atom is -0.424 e. The highest BCUT2D eigenvalue weighted by Gasteiger charge is 2.12. The molecule has 0 amide bonds. The maximum Gasteiger partial charge on any atom is 0.233 e. The molecule has 4 nitrogen and oxygen atoms in total. The fourth-order valence-electron chi connectivity index (χ4n) is 1.55. The summed E-state index contributed by atoms with van der Waals surface area (Å²) in [4.78, 5) is 0. The van der Waals surface area contributed by atoms with Crippen molar-refractivity contribution in [3.05, 3.63) is 47.7 Å². The highest BCUT2D eigenvalue weighted by Crippen LogP contribution is 2.15. The van der Waals surface area contributed by atoms with Crippen molar-refractivity contribution in [3.8, 4) is 0 Å². The fraction of sp³-hybridized carbons (Fsp3) is 0.333. The third-order valence-corrected chi connectivity index (χ3v) is 2.45. The minimum absolute atomic E-state index is 0.179. The molecule has 0 aliphatic rings. The van der Waals surface area contributed by atoms with Crippen LogP contribution in [0.3, 0.4) is 0 Å². The molecule has 2 rings (SSSR count). The van der Waals surface area contributed by atoms with E-state index in [1.807, 2.05) is 18.2 Å². The SMILES string of the molecule is Cc1nnc(C(N)CCc2ccccc2)o1. The summed E-state index contributed by atoms with van der Waals surface area (Å²) in [6.07, 6.45) is 1.73. The molecule has 0 fully saturated rings. The van der Waals surface area contributed by atoms with Gasteiger partial charge in [-0.2, -0.15) is 0 Å². The fourth-order valence-corrected chi connectivity index (χ4v) is 1.55. The number of benzene rings is 1. The first-order valence-electron chi connectivity index (χ1n) is 5.35. The molecule has 84 valence electrons. The third-order valence-electron chi connectivity index (χ3n) is 2.45. The summed E-state index contributed by atoms with van der Waals surface area (Å²) >= 11 is 0. The number of nitrogens with two attached hydrogens (primary N) is 1. The molecular weight excluding hydrogens is 202 g/mol. The monoisotopic (exact) mass is 217 g/mol. The van der Waals surface area contributed by atoms with Crippen LogP contribution in [-0.2, 0) is 6.42 Å². The average molecular weight is 217 g/mol. The summed E-state index contributed by atoms with van der Waals surface area (Å²) in [5, 5.41) is 7.68. The Bertz CT molecular complexity index is 439. The first kappa shape index (κ1) is 10.8. The molecule has 0 saturated heterocycles. The van der Waals surface area contributed by atoms with Crippen LogP contribution in [-0.4, -0.2) is 10.2 Å². The smallest absolute Gasteiger partial charge is 0.233 e. The summed E-state index contributed by atoms with van der Waals surface area (Å²) in [6.45, 7) is 1.76. The van der Waals surface area contributed by atoms with Crippen LogP contribution in [0.2, 0.25) is 0 Å². The Morgan fingerprint density at radius 1 is 1.25 bits per heavy atom. The molecule has 0 radical (unpaired) electrons. The molecule has 16 heavy (non-hydrogen) atoms. The Morgan fingerprint density at radius 3 is 2.62 bits per heavy atom. The molecule has 0 aliphatic carbocycles. The van der Waals surface area contributed by atoms with Crippen molar-refractivity contribution in [3.63, 3.8) is 0 Å². The highest BCUT2D eigenvalue weighted by molar-refractivity contribution is 5.14. The maximum atomic E-state index is 5.96. The van der Waals surface area contributed by atoms with Gasteiger partial charge in [0.15, 0.2) is 0 Å². The van der Waals surface area contributed by atoms with Crippen molar-refractivity contribution in [1.82, 2.24) is 10.2 Å². The normalized spacial score (nSPS) is 12.6. The van der Waals surface area contributed by atoms with Gasteiger partial charge < -0.3 is 10.2 Å². The molecule has 1 unspecified atom stereocenters. The second-order valence-corrected chi connectivity index (χ2v) is 3.79. The van der Waals surface area contributed by atoms with E-state index < -0.39 is 0 Å². The van der Waals surface area contributed by atoms with Gasteiger partial charge in [-0.1, -0.05) is 30.3 Å². The van der Waals surface area contributed by atoms with Crippen LogP contribution < -0.4 is 5.73 Å². The van der Waals surface area contributed by atoms with Crippen molar-refractivity contribution in [2.24, 2.45) is 5.73 Å². The number of aryl methyl sites for hydroxylation is 2. The first-order valence-corrected chi connectivity index (χ1v) is 5.35. The van der Waals surface area contributed by atoms with Crippen molar-refractivity contribution in [2.45, 2.75) is 25.8 Å². The first-order chi connectivity index (χ1) is 7.75. The quantitative estimate of drug-likeness (QED) is 0.850. The van der Waals surface area contributed by atoms with Gasteiger partial charge in [-0.15, -0.1) is 10.2 Å². The van der Waals surface area contributed by atoms with Crippen LogP contribution >= 0.6 is 0 Å². The maximum absolute atomic E-state index is 5.96. The van der Waals surface area contributed by atoms with E-state index in [4.69, 9.17) is 10.2 Å². The number of nitrogens with zero attached hydrogens (tertiary/aromatic N) is 2. The Balaban J connectivity index is 1.91. The number of aromatic nitrogens is 2. The van der Waals surface area contributed by atoms with E-state index in [0.29, 0.717) is 11.8 Å². The molecule has 1 aromatic carbocycles. The Kier molecular flexibility index (Phi) is 3.31. The van der Waals surface area contributed by atoms with E-state index in [2.05, 4.69) is 22.3 Å². The highest BCUT2D eigenvalue weighted by atomic mass is 16.4. The zero-order chi connectivity index (χ0) is 11.4. The van der Waals surface area contributed by atoms with E-state index in [1.54, 1.807) is 6.92 Å². The van der Waals surface area contributed by atoms with E-state index in [1.165, 1.54) is 5.56 Å². The lowest BCUT2D eigenvalue weighted by Crippen LogP contribution is -2.11. The van der Waals surface area contributed by atoms with Gasteiger partial charge in [-0.25, -0.2) is 0 Å². The molecule has 0 spiro atoms. The number of hydrogen-bond donors (Lipinski definition) is 1. The van der Waals surface area contributed by atoms with E-state index in [-0.39, 0.29) is 6.04 Å². The molecule has 1 aromatic heterocycles. The van der Waals surface area contributed by atoms with Gasteiger partial charge in [0.1, 0.15) is 0 Å². The zero-order valence-electron chi connectivity index (χ0n) is 9.26. The molecule has 2 N–H and O–H groups in total. The predicted octanol–water partition coefficient (Wildman–Crippen LogP) is 2.01. The Hall–Kier alpha value is -1.68. The van der Waals surface area contributed by atoms with Crippen LogP contribution in [0.25, 0.3) is 0 Å². The van der Waals surface area contributed by atoms with Gasteiger partial charge in [0.25, 0.3) is 0 Å². The molecule has 1 atom stereocenters. The van der Waals surface area contributed by atoms with Crippen LogP contribution in [0, 0.1) is 6.92 Å². The van der Waals surface area contributed by atoms with Crippen molar-refractivity contribution >= 4 is 0 Å². The van der Waals surface area contributed by atoms with Gasteiger partial charge in [0, 0.05) is 6.92 Å². The topological polar surface area (TPSA) is 64.9 Å². The van der Waals surface area contributed by atoms with Gasteiger partial charge >= 0.3 is 0 Å². The second-order valence-electron chi connectivity index (χ2n) is 3.79. The van der Waals surface area contributed by atoms with E-state index >= 15 is 0 Å². The average Bonchev–Trinajstić information content (AvgIpc) is 2.74. The molecule has 0 aliphatic heterocycles. The molecule has 0 saturated carbocycles. The summed E-state index contributed by atoms with van der Waals surface area (Å²) in [5.74, 6) is 1.08. The summed E-state index contributed by atoms with van der Waals surface area (Å²) in [7, 11) is 0. The van der Waals surface area contributed by atoms with Crippen molar-refractivity contribution in [2.75, 3.05) is 0 Å². The molecule has 2 aromatic rings. The lowest BCUT2D eigenvalue weighted by molar-refractivity contribution is 0.419. The Labute approximate surface area is 94.5 Å². The largest absolute Gasteiger partial charge is 0.424 e. The zero-order valence-corrected chi connectivity index (χ0v) is 9.26. The van der Waals surface area contributed by atoms with E-state index in [9.17, 15) is 0 Å². The van der Waals surface area contributed by atoms with Gasteiger partial charge in [-0.3, -0.25) is 0 Å². The number of rotatable bonds is 4. The molecule has 1 heterocycles. The predicted molar refractivity (Wildman–Crippen MR) is 60.7 cm³/mol. The molecule has 4 heteroatoms. The summed E-state index contributed by atoms with van der Waals surface area (Å²) in [6, 6.07) is 10.1.